The molecule has 0 fully saturated rings. The van der Waals surface area contributed by atoms with E-state index in [1.54, 1.807) is 14.2 Å². The zero-order valence-corrected chi connectivity index (χ0v) is 13.4. The summed E-state index contributed by atoms with van der Waals surface area (Å²) in [6.07, 6.45) is 0. The summed E-state index contributed by atoms with van der Waals surface area (Å²) in [6, 6.07) is 7.93. The molecule has 2 N–H and O–H groups in total. The Balaban J connectivity index is 2.42. The van der Waals surface area contributed by atoms with Crippen molar-refractivity contribution in [2.75, 3.05) is 40.5 Å². The van der Waals surface area contributed by atoms with Crippen LogP contribution < -0.4 is 15.4 Å². The molecule has 5 heteroatoms. The molecule has 0 spiro atoms. The molecule has 0 aliphatic rings. The Hall–Kier alpha value is -1.59. The molecule has 0 aliphatic carbocycles. The van der Waals surface area contributed by atoms with Crippen molar-refractivity contribution in [2.45, 2.75) is 19.3 Å². The van der Waals surface area contributed by atoms with Gasteiger partial charge in [-0.1, -0.05) is 26.0 Å². The van der Waals surface area contributed by atoms with Crippen LogP contribution in [0.4, 0.5) is 0 Å². The van der Waals surface area contributed by atoms with Gasteiger partial charge in [0.1, 0.15) is 5.75 Å². The molecule has 0 atom stereocenters. The molecule has 1 aromatic rings. The van der Waals surface area contributed by atoms with E-state index in [4.69, 9.17) is 9.47 Å². The fraction of sp³-hybridized carbons (Fsp3) is 0.562. The maximum Gasteiger partial charge on any atom is 0.233 e. The highest BCUT2D eigenvalue weighted by Gasteiger charge is 2.21. The number of hydrogen-bond donors (Lipinski definition) is 2. The molecule has 1 rings (SSSR count). The number of carbonyl (C=O) groups excluding carboxylic acids is 1. The Labute approximate surface area is 127 Å². The molecule has 0 aromatic heterocycles. The molecule has 118 valence electrons. The first-order valence-electron chi connectivity index (χ1n) is 7.10. The van der Waals surface area contributed by atoms with Gasteiger partial charge in [-0.3, -0.25) is 4.79 Å². The molecule has 0 saturated carbocycles. The standard InChI is InChI=1S/C16H26N2O3/c1-16(2,13-5-7-14(21-4)8-6-13)12-18-15(19)11-17-9-10-20-3/h5-8,17H,9-12H2,1-4H3,(H,18,19). The molecule has 21 heavy (non-hydrogen) atoms. The van der Waals surface area contributed by atoms with Gasteiger partial charge in [-0.2, -0.15) is 0 Å². The quantitative estimate of drug-likeness (QED) is 0.675. The molecule has 0 aliphatic heterocycles. The Bertz CT molecular complexity index is 430. The molecule has 0 saturated heterocycles. The van der Waals surface area contributed by atoms with Crippen molar-refractivity contribution in [3.8, 4) is 5.75 Å². The molecular weight excluding hydrogens is 268 g/mol. The van der Waals surface area contributed by atoms with Crippen molar-refractivity contribution < 1.29 is 14.3 Å². The number of amides is 1. The minimum absolute atomic E-state index is 0.00677. The van der Waals surface area contributed by atoms with E-state index in [1.165, 1.54) is 0 Å². The maximum atomic E-state index is 11.8. The van der Waals surface area contributed by atoms with Crippen LogP contribution in [0.1, 0.15) is 19.4 Å². The number of hydrogen-bond acceptors (Lipinski definition) is 4. The zero-order chi connectivity index (χ0) is 15.7. The van der Waals surface area contributed by atoms with Crippen molar-refractivity contribution in [1.29, 1.82) is 0 Å². The van der Waals surface area contributed by atoms with Crippen molar-refractivity contribution in [2.24, 2.45) is 0 Å². The number of carbonyl (C=O) groups is 1. The molecule has 0 unspecified atom stereocenters. The molecule has 0 heterocycles. The number of nitrogens with one attached hydrogen (secondary N) is 2. The summed E-state index contributed by atoms with van der Waals surface area (Å²) >= 11 is 0. The second-order valence-electron chi connectivity index (χ2n) is 5.56. The van der Waals surface area contributed by atoms with E-state index >= 15 is 0 Å². The van der Waals surface area contributed by atoms with E-state index in [2.05, 4.69) is 24.5 Å². The fourth-order valence-electron chi connectivity index (χ4n) is 1.90. The predicted molar refractivity (Wildman–Crippen MR) is 83.8 cm³/mol. The monoisotopic (exact) mass is 294 g/mol. The summed E-state index contributed by atoms with van der Waals surface area (Å²) < 4.78 is 10.1. The van der Waals surface area contributed by atoms with Crippen molar-refractivity contribution in [3.05, 3.63) is 29.8 Å². The Morgan fingerprint density at radius 1 is 1.19 bits per heavy atom. The van der Waals surface area contributed by atoms with Crippen LogP contribution >= 0.6 is 0 Å². The first-order valence-corrected chi connectivity index (χ1v) is 7.10. The minimum Gasteiger partial charge on any atom is -0.497 e. The lowest BCUT2D eigenvalue weighted by molar-refractivity contribution is -0.120. The molecule has 5 nitrogen and oxygen atoms in total. The van der Waals surface area contributed by atoms with Crippen LogP contribution in [0, 0.1) is 0 Å². The van der Waals surface area contributed by atoms with Gasteiger partial charge in [0.15, 0.2) is 0 Å². The number of ether oxygens (including phenoxy) is 2. The summed E-state index contributed by atoms with van der Waals surface area (Å²) in [7, 11) is 3.29. The van der Waals surface area contributed by atoms with Crippen LogP contribution in [0.15, 0.2) is 24.3 Å². The highest BCUT2D eigenvalue weighted by Crippen LogP contribution is 2.24. The lowest BCUT2D eigenvalue weighted by Gasteiger charge is -2.26. The lowest BCUT2D eigenvalue weighted by Crippen LogP contribution is -2.41. The smallest absolute Gasteiger partial charge is 0.233 e. The topological polar surface area (TPSA) is 59.6 Å². The first-order chi connectivity index (χ1) is 9.99. The van der Waals surface area contributed by atoms with Crippen molar-refractivity contribution in [3.63, 3.8) is 0 Å². The van der Waals surface area contributed by atoms with Crippen LogP contribution in [-0.4, -0.2) is 46.4 Å². The minimum atomic E-state index is -0.130. The average Bonchev–Trinajstić information content (AvgIpc) is 2.50. The first kappa shape index (κ1) is 17.5. The summed E-state index contributed by atoms with van der Waals surface area (Å²) in [5.41, 5.74) is 1.03. The van der Waals surface area contributed by atoms with Gasteiger partial charge in [0.2, 0.25) is 5.91 Å². The van der Waals surface area contributed by atoms with Gasteiger partial charge in [-0.05, 0) is 17.7 Å². The third-order valence-electron chi connectivity index (χ3n) is 3.37. The third-order valence-corrected chi connectivity index (χ3v) is 3.37. The summed E-state index contributed by atoms with van der Waals surface area (Å²) in [4.78, 5) is 11.8. The molecule has 1 aromatic carbocycles. The third kappa shape index (κ3) is 6.14. The largest absolute Gasteiger partial charge is 0.497 e. The van der Waals surface area contributed by atoms with E-state index in [1.807, 2.05) is 24.3 Å². The fourth-order valence-corrected chi connectivity index (χ4v) is 1.90. The lowest BCUT2D eigenvalue weighted by atomic mass is 9.84. The van der Waals surface area contributed by atoms with Gasteiger partial charge in [-0.25, -0.2) is 0 Å². The molecule has 0 radical (unpaired) electrons. The van der Waals surface area contributed by atoms with Crippen LogP contribution in [-0.2, 0) is 14.9 Å². The average molecular weight is 294 g/mol. The van der Waals surface area contributed by atoms with E-state index < -0.39 is 0 Å². The van der Waals surface area contributed by atoms with E-state index in [0.29, 0.717) is 26.2 Å². The van der Waals surface area contributed by atoms with Crippen LogP contribution in [0.2, 0.25) is 0 Å². The van der Waals surface area contributed by atoms with Gasteiger partial charge in [0, 0.05) is 25.6 Å². The predicted octanol–water partition coefficient (Wildman–Crippen LogP) is 1.33. The number of methoxy groups -OCH3 is 2. The number of rotatable bonds is 9. The van der Waals surface area contributed by atoms with Gasteiger partial charge >= 0.3 is 0 Å². The molecule has 1 amide bonds. The van der Waals surface area contributed by atoms with Crippen LogP contribution in [0.5, 0.6) is 5.75 Å². The van der Waals surface area contributed by atoms with Gasteiger partial charge in [0.05, 0.1) is 20.3 Å². The number of benzene rings is 1. The normalized spacial score (nSPS) is 11.2. The Morgan fingerprint density at radius 2 is 1.86 bits per heavy atom. The van der Waals surface area contributed by atoms with Gasteiger partial charge in [0.25, 0.3) is 0 Å². The highest BCUT2D eigenvalue weighted by atomic mass is 16.5. The Morgan fingerprint density at radius 3 is 2.43 bits per heavy atom. The van der Waals surface area contributed by atoms with Gasteiger partial charge in [-0.15, -0.1) is 0 Å². The van der Waals surface area contributed by atoms with Crippen LogP contribution in [0.3, 0.4) is 0 Å². The maximum absolute atomic E-state index is 11.8. The molecule has 0 bridgehead atoms. The van der Waals surface area contributed by atoms with Crippen molar-refractivity contribution in [1.82, 2.24) is 10.6 Å². The van der Waals surface area contributed by atoms with Crippen molar-refractivity contribution >= 4 is 5.91 Å². The summed E-state index contributed by atoms with van der Waals surface area (Å²) in [5, 5.41) is 5.98. The second kappa shape index (κ2) is 8.64. The zero-order valence-electron chi connectivity index (χ0n) is 13.4. The highest BCUT2D eigenvalue weighted by molar-refractivity contribution is 5.78. The SMILES string of the molecule is COCCNCC(=O)NCC(C)(C)c1ccc(OC)cc1. The van der Waals surface area contributed by atoms with Crippen LogP contribution in [0.25, 0.3) is 0 Å². The molecular formula is C16H26N2O3. The summed E-state index contributed by atoms with van der Waals surface area (Å²) in [6.45, 7) is 6.38. The van der Waals surface area contributed by atoms with E-state index in [-0.39, 0.29) is 11.3 Å². The van der Waals surface area contributed by atoms with E-state index in [9.17, 15) is 4.79 Å². The second-order valence-corrected chi connectivity index (χ2v) is 5.56. The Kier molecular flexibility index (Phi) is 7.19. The van der Waals surface area contributed by atoms with Gasteiger partial charge < -0.3 is 20.1 Å². The summed E-state index contributed by atoms with van der Waals surface area (Å²) in [5.74, 6) is 0.827. The van der Waals surface area contributed by atoms with E-state index in [0.717, 1.165) is 11.3 Å².